The van der Waals surface area contributed by atoms with Crippen LogP contribution in [0.2, 0.25) is 5.02 Å². The molecule has 0 saturated carbocycles. The number of ether oxygens (including phenoxy) is 1. The molecule has 1 N–H and O–H groups in total. The molecule has 0 fully saturated rings. The van der Waals surface area contributed by atoms with Crippen molar-refractivity contribution in [2.75, 3.05) is 6.54 Å². The summed E-state index contributed by atoms with van der Waals surface area (Å²) in [7, 11) is 0. The molecule has 2 heterocycles. The quantitative estimate of drug-likeness (QED) is 0.796. The van der Waals surface area contributed by atoms with Crippen molar-refractivity contribution in [3.05, 3.63) is 40.3 Å². The van der Waals surface area contributed by atoms with Gasteiger partial charge in [-0.1, -0.05) is 18.5 Å². The molecule has 1 amide bonds. The standard InChI is InChI=1S/C17H21ClN4O3/c1-5-8-19-16(23)12(4)25-17(24)15-13(18)6-7-14(20-15)22-11(3)9-10(2)21-22/h6-7,9,12H,5,8H2,1-4H3,(H,19,23). The molecule has 7 nitrogen and oxygen atoms in total. The molecule has 0 aliphatic heterocycles. The van der Waals surface area contributed by atoms with E-state index in [0.717, 1.165) is 17.8 Å². The highest BCUT2D eigenvalue weighted by Crippen LogP contribution is 2.19. The third-order valence-corrected chi connectivity index (χ3v) is 3.76. The number of esters is 1. The lowest BCUT2D eigenvalue weighted by Crippen LogP contribution is -2.36. The molecule has 0 aromatic carbocycles. The lowest BCUT2D eigenvalue weighted by Gasteiger charge is -2.14. The minimum Gasteiger partial charge on any atom is -0.448 e. The Morgan fingerprint density at radius 1 is 1.36 bits per heavy atom. The van der Waals surface area contributed by atoms with Crippen molar-refractivity contribution >= 4 is 23.5 Å². The highest BCUT2D eigenvalue weighted by molar-refractivity contribution is 6.33. The number of amides is 1. The summed E-state index contributed by atoms with van der Waals surface area (Å²) in [6.07, 6.45) is -0.140. The Hall–Kier alpha value is -2.41. The Bertz CT molecular complexity index is 788. The highest BCUT2D eigenvalue weighted by Gasteiger charge is 2.22. The van der Waals surface area contributed by atoms with Gasteiger partial charge in [-0.15, -0.1) is 0 Å². The van der Waals surface area contributed by atoms with Gasteiger partial charge < -0.3 is 10.1 Å². The van der Waals surface area contributed by atoms with Gasteiger partial charge in [-0.3, -0.25) is 4.79 Å². The van der Waals surface area contributed by atoms with Crippen molar-refractivity contribution < 1.29 is 14.3 Å². The van der Waals surface area contributed by atoms with Gasteiger partial charge in [-0.05, 0) is 45.4 Å². The van der Waals surface area contributed by atoms with Gasteiger partial charge in [0.2, 0.25) is 0 Å². The Balaban J connectivity index is 2.21. The molecule has 8 heteroatoms. The predicted molar refractivity (Wildman–Crippen MR) is 94.0 cm³/mol. The zero-order valence-corrected chi connectivity index (χ0v) is 15.4. The van der Waals surface area contributed by atoms with Crippen molar-refractivity contribution in [2.24, 2.45) is 0 Å². The van der Waals surface area contributed by atoms with Crippen LogP contribution in [0.15, 0.2) is 18.2 Å². The molecular formula is C17H21ClN4O3. The van der Waals surface area contributed by atoms with Crippen molar-refractivity contribution in [1.29, 1.82) is 0 Å². The maximum atomic E-state index is 12.3. The first-order chi connectivity index (χ1) is 11.8. The Labute approximate surface area is 151 Å². The Morgan fingerprint density at radius 3 is 2.68 bits per heavy atom. The molecule has 1 atom stereocenters. The smallest absolute Gasteiger partial charge is 0.359 e. The largest absolute Gasteiger partial charge is 0.448 e. The number of hydrogen-bond acceptors (Lipinski definition) is 5. The van der Waals surface area contributed by atoms with Gasteiger partial charge in [0.05, 0.1) is 10.7 Å². The van der Waals surface area contributed by atoms with E-state index in [1.807, 2.05) is 26.8 Å². The first-order valence-corrected chi connectivity index (χ1v) is 8.40. The molecule has 1 unspecified atom stereocenters. The number of nitrogens with zero attached hydrogens (tertiary/aromatic N) is 3. The number of aromatic nitrogens is 3. The number of pyridine rings is 1. The fraction of sp³-hybridized carbons (Fsp3) is 0.412. The summed E-state index contributed by atoms with van der Waals surface area (Å²) in [5.74, 6) is -0.668. The van der Waals surface area contributed by atoms with E-state index in [1.165, 1.54) is 6.92 Å². The minimum absolute atomic E-state index is 0.0538. The van der Waals surface area contributed by atoms with Crippen molar-refractivity contribution in [3.63, 3.8) is 0 Å². The molecule has 134 valence electrons. The van der Waals surface area contributed by atoms with Gasteiger partial charge in [0, 0.05) is 12.2 Å². The number of halogens is 1. The van der Waals surface area contributed by atoms with Crippen LogP contribution in [0.25, 0.3) is 5.82 Å². The molecule has 0 radical (unpaired) electrons. The fourth-order valence-electron chi connectivity index (χ4n) is 2.22. The maximum absolute atomic E-state index is 12.3. The lowest BCUT2D eigenvalue weighted by atomic mass is 10.3. The molecule has 0 aliphatic rings. The van der Waals surface area contributed by atoms with Crippen LogP contribution in [-0.2, 0) is 9.53 Å². The molecular weight excluding hydrogens is 344 g/mol. The van der Waals surface area contributed by atoms with Crippen LogP contribution in [0, 0.1) is 13.8 Å². The number of rotatable bonds is 6. The summed E-state index contributed by atoms with van der Waals surface area (Å²) in [6.45, 7) is 7.71. The van der Waals surface area contributed by atoms with Crippen LogP contribution in [-0.4, -0.2) is 39.3 Å². The second-order valence-corrected chi connectivity index (χ2v) is 6.08. The average Bonchev–Trinajstić information content (AvgIpc) is 2.91. The third kappa shape index (κ3) is 4.57. The van der Waals surface area contributed by atoms with Gasteiger partial charge in [0.15, 0.2) is 17.6 Å². The van der Waals surface area contributed by atoms with Crippen molar-refractivity contribution in [1.82, 2.24) is 20.1 Å². The first-order valence-electron chi connectivity index (χ1n) is 8.02. The molecule has 0 spiro atoms. The minimum atomic E-state index is -0.936. The summed E-state index contributed by atoms with van der Waals surface area (Å²) in [4.78, 5) is 28.4. The molecule has 2 aromatic heterocycles. The number of carbonyl (C=O) groups excluding carboxylic acids is 2. The lowest BCUT2D eigenvalue weighted by molar-refractivity contribution is -0.129. The predicted octanol–water partition coefficient (Wildman–Crippen LogP) is 2.61. The molecule has 0 aliphatic carbocycles. The SMILES string of the molecule is CCCNC(=O)C(C)OC(=O)c1nc(-n2nc(C)cc2C)ccc1Cl. The number of hydrogen-bond donors (Lipinski definition) is 1. The second kappa shape index (κ2) is 8.11. The van der Waals surface area contributed by atoms with Crippen LogP contribution in [0.5, 0.6) is 0 Å². The molecule has 25 heavy (non-hydrogen) atoms. The molecule has 2 aromatic rings. The zero-order chi connectivity index (χ0) is 18.6. The molecule has 0 bridgehead atoms. The van der Waals surface area contributed by atoms with Crippen LogP contribution in [0.4, 0.5) is 0 Å². The molecule has 0 saturated heterocycles. The van der Waals surface area contributed by atoms with E-state index in [0.29, 0.717) is 12.4 Å². The summed E-state index contributed by atoms with van der Waals surface area (Å²) in [5, 5.41) is 7.15. The number of nitrogens with one attached hydrogen (secondary N) is 1. The van der Waals surface area contributed by atoms with E-state index >= 15 is 0 Å². The van der Waals surface area contributed by atoms with Crippen molar-refractivity contribution in [3.8, 4) is 5.82 Å². The van der Waals surface area contributed by atoms with E-state index in [9.17, 15) is 9.59 Å². The summed E-state index contributed by atoms with van der Waals surface area (Å²) in [5.41, 5.74) is 1.65. The maximum Gasteiger partial charge on any atom is 0.359 e. The average molecular weight is 365 g/mol. The Kier molecular flexibility index (Phi) is 6.14. The van der Waals surface area contributed by atoms with Gasteiger partial charge >= 0.3 is 5.97 Å². The second-order valence-electron chi connectivity index (χ2n) is 5.68. The third-order valence-electron chi connectivity index (χ3n) is 3.45. The van der Waals surface area contributed by atoms with E-state index < -0.39 is 12.1 Å². The van der Waals surface area contributed by atoms with Crippen molar-refractivity contribution in [2.45, 2.75) is 40.2 Å². The van der Waals surface area contributed by atoms with Gasteiger partial charge in [0.1, 0.15) is 0 Å². The summed E-state index contributed by atoms with van der Waals surface area (Å²) >= 11 is 6.08. The monoisotopic (exact) mass is 364 g/mol. The zero-order valence-electron chi connectivity index (χ0n) is 14.7. The van der Waals surface area contributed by atoms with Crippen LogP contribution in [0.3, 0.4) is 0 Å². The molecule has 2 rings (SSSR count). The van der Waals surface area contributed by atoms with Gasteiger partial charge in [-0.25, -0.2) is 14.5 Å². The van der Waals surface area contributed by atoms with Crippen LogP contribution in [0.1, 0.15) is 42.1 Å². The van der Waals surface area contributed by atoms with Gasteiger partial charge in [0.25, 0.3) is 5.91 Å². The van der Waals surface area contributed by atoms with Crippen LogP contribution >= 0.6 is 11.6 Å². The normalized spacial score (nSPS) is 11.9. The number of carbonyl (C=O) groups is 2. The first kappa shape index (κ1) is 18.9. The summed E-state index contributed by atoms with van der Waals surface area (Å²) in [6, 6.07) is 5.11. The highest BCUT2D eigenvalue weighted by atomic mass is 35.5. The van der Waals surface area contributed by atoms with E-state index in [1.54, 1.807) is 16.8 Å². The topological polar surface area (TPSA) is 86.1 Å². The number of aryl methyl sites for hydroxylation is 2. The fourth-order valence-corrected chi connectivity index (χ4v) is 2.40. The van der Waals surface area contributed by atoms with Gasteiger partial charge in [-0.2, -0.15) is 5.10 Å². The Morgan fingerprint density at radius 2 is 2.08 bits per heavy atom. The van der Waals surface area contributed by atoms with E-state index in [4.69, 9.17) is 16.3 Å². The summed E-state index contributed by atoms with van der Waals surface area (Å²) < 4.78 is 6.79. The van der Waals surface area contributed by atoms with E-state index in [2.05, 4.69) is 15.4 Å². The van der Waals surface area contributed by atoms with E-state index in [-0.39, 0.29) is 16.6 Å². The van der Waals surface area contributed by atoms with Crippen LogP contribution < -0.4 is 5.32 Å².